The van der Waals surface area contributed by atoms with Crippen LogP contribution >= 0.6 is 0 Å². The molecule has 3 rings (SSSR count). The molecule has 3 fully saturated rings. The van der Waals surface area contributed by atoms with Gasteiger partial charge in [0.05, 0.1) is 0 Å². The van der Waals surface area contributed by atoms with Gasteiger partial charge in [0.1, 0.15) is 0 Å². The van der Waals surface area contributed by atoms with Crippen molar-refractivity contribution >= 4 is 0 Å². The minimum absolute atomic E-state index is 0.738. The van der Waals surface area contributed by atoms with Gasteiger partial charge in [0, 0.05) is 26.3 Å². The Hall–Kier alpha value is -0.0800. The number of hydrogen-bond acceptors (Lipinski definition) is 2. The summed E-state index contributed by atoms with van der Waals surface area (Å²) < 4.78 is 5.91. The molecule has 0 atom stereocenters. The molecule has 0 aromatic heterocycles. The van der Waals surface area contributed by atoms with Crippen molar-refractivity contribution in [2.75, 3.05) is 32.8 Å². The molecule has 0 aromatic carbocycles. The minimum atomic E-state index is 0.738. The largest absolute Gasteiger partial charge is 0.381 e. The van der Waals surface area contributed by atoms with Gasteiger partial charge >= 0.3 is 0 Å². The zero-order valence-corrected chi connectivity index (χ0v) is 19.8. The molecular formula is C27H51NO. The Balaban J connectivity index is 1.10. The fraction of sp³-hybridized carbons (Fsp3) is 1.00. The summed E-state index contributed by atoms with van der Waals surface area (Å²) in [5.41, 5.74) is 0.738. The van der Waals surface area contributed by atoms with E-state index in [0.717, 1.165) is 30.5 Å². The highest BCUT2D eigenvalue weighted by molar-refractivity contribution is 4.97. The van der Waals surface area contributed by atoms with Crippen LogP contribution in [0.2, 0.25) is 0 Å². The second-order valence-electron chi connectivity index (χ2n) is 11.0. The first-order chi connectivity index (χ1) is 14.3. The number of rotatable bonds is 14. The molecule has 1 heterocycles. The van der Waals surface area contributed by atoms with Gasteiger partial charge in [0.2, 0.25) is 0 Å². The van der Waals surface area contributed by atoms with E-state index < -0.39 is 0 Å². The maximum absolute atomic E-state index is 5.91. The molecule has 2 heteroatoms. The highest BCUT2D eigenvalue weighted by atomic mass is 16.5. The lowest BCUT2D eigenvalue weighted by atomic mass is 9.65. The molecular weight excluding hydrogens is 354 g/mol. The number of unbranched alkanes of at least 4 members (excludes halogenated alkanes) is 5. The SMILES string of the molecule is CCCCCCC1CCC2(CC1)CN(CCCCCOCCC1CCCCC1)C2. The number of likely N-dealkylation sites (tertiary alicyclic amines) is 1. The monoisotopic (exact) mass is 405 g/mol. The van der Waals surface area contributed by atoms with E-state index in [2.05, 4.69) is 11.8 Å². The molecule has 0 N–H and O–H groups in total. The fourth-order valence-electron chi connectivity index (χ4n) is 6.36. The number of hydrogen-bond donors (Lipinski definition) is 0. The normalized spacial score (nSPS) is 23.5. The van der Waals surface area contributed by atoms with Crippen molar-refractivity contribution in [3.8, 4) is 0 Å². The highest BCUT2D eigenvalue weighted by Gasteiger charge is 2.44. The molecule has 3 aliphatic rings. The predicted molar refractivity (Wildman–Crippen MR) is 125 cm³/mol. The van der Waals surface area contributed by atoms with Crippen LogP contribution in [-0.2, 0) is 4.74 Å². The fourth-order valence-corrected chi connectivity index (χ4v) is 6.36. The van der Waals surface area contributed by atoms with Crippen LogP contribution < -0.4 is 0 Å². The molecule has 2 aliphatic carbocycles. The van der Waals surface area contributed by atoms with Gasteiger partial charge in [-0.3, -0.25) is 0 Å². The summed E-state index contributed by atoms with van der Waals surface area (Å²) in [6.45, 7) is 8.49. The van der Waals surface area contributed by atoms with Gasteiger partial charge in [-0.1, -0.05) is 71.1 Å². The van der Waals surface area contributed by atoms with Crippen molar-refractivity contribution in [3.05, 3.63) is 0 Å². The first kappa shape index (κ1) is 23.6. The van der Waals surface area contributed by atoms with Crippen molar-refractivity contribution in [1.29, 1.82) is 0 Å². The average Bonchev–Trinajstić information content (AvgIpc) is 2.73. The number of nitrogens with zero attached hydrogens (tertiary/aromatic N) is 1. The van der Waals surface area contributed by atoms with Crippen LogP contribution in [0, 0.1) is 17.3 Å². The molecule has 29 heavy (non-hydrogen) atoms. The number of ether oxygens (including phenoxy) is 1. The Morgan fingerprint density at radius 2 is 1.45 bits per heavy atom. The van der Waals surface area contributed by atoms with Crippen molar-refractivity contribution in [3.63, 3.8) is 0 Å². The molecule has 0 amide bonds. The van der Waals surface area contributed by atoms with Crippen LogP contribution in [0.3, 0.4) is 0 Å². The summed E-state index contributed by atoms with van der Waals surface area (Å²) in [6, 6.07) is 0. The summed E-state index contributed by atoms with van der Waals surface area (Å²) in [5, 5.41) is 0. The first-order valence-electron chi connectivity index (χ1n) is 13.6. The second-order valence-corrected chi connectivity index (χ2v) is 11.0. The summed E-state index contributed by atoms with van der Waals surface area (Å²) in [7, 11) is 0. The van der Waals surface area contributed by atoms with Crippen molar-refractivity contribution in [1.82, 2.24) is 4.90 Å². The summed E-state index contributed by atoms with van der Waals surface area (Å²) in [5.74, 6) is 2.03. The molecule has 1 spiro atoms. The molecule has 170 valence electrons. The van der Waals surface area contributed by atoms with Gasteiger partial charge in [-0.05, 0) is 75.2 Å². The van der Waals surface area contributed by atoms with Gasteiger partial charge in [-0.15, -0.1) is 0 Å². The van der Waals surface area contributed by atoms with Crippen LogP contribution in [0.4, 0.5) is 0 Å². The van der Waals surface area contributed by atoms with E-state index in [1.807, 2.05) is 0 Å². The van der Waals surface area contributed by atoms with E-state index in [9.17, 15) is 0 Å². The van der Waals surface area contributed by atoms with E-state index in [-0.39, 0.29) is 0 Å². The Labute approximate surface area is 182 Å². The first-order valence-corrected chi connectivity index (χ1v) is 13.6. The molecule has 2 nitrogen and oxygen atoms in total. The van der Waals surface area contributed by atoms with Crippen LogP contribution in [0.1, 0.15) is 122 Å². The van der Waals surface area contributed by atoms with E-state index in [0.29, 0.717) is 0 Å². The van der Waals surface area contributed by atoms with Crippen molar-refractivity contribution < 1.29 is 4.74 Å². The summed E-state index contributed by atoms with van der Waals surface area (Å²) in [6.07, 6.45) is 26.0. The van der Waals surface area contributed by atoms with Crippen LogP contribution in [-0.4, -0.2) is 37.7 Å². The average molecular weight is 406 g/mol. The van der Waals surface area contributed by atoms with Gasteiger partial charge in [0.25, 0.3) is 0 Å². The van der Waals surface area contributed by atoms with E-state index >= 15 is 0 Å². The Morgan fingerprint density at radius 1 is 0.724 bits per heavy atom. The molecule has 0 bridgehead atoms. The standard InChI is InChI=1S/C27H51NO/c1-2-3-4-7-14-26-15-18-27(19-16-26)23-28(24-27)20-10-6-11-21-29-22-17-25-12-8-5-9-13-25/h25-26H,2-24H2,1H3. The molecule has 1 aliphatic heterocycles. The van der Waals surface area contributed by atoms with E-state index in [1.165, 1.54) is 135 Å². The lowest BCUT2D eigenvalue weighted by Crippen LogP contribution is -2.57. The minimum Gasteiger partial charge on any atom is -0.381 e. The maximum atomic E-state index is 5.91. The summed E-state index contributed by atoms with van der Waals surface area (Å²) in [4.78, 5) is 2.74. The highest BCUT2D eigenvalue weighted by Crippen LogP contribution is 2.46. The Kier molecular flexibility index (Phi) is 10.9. The van der Waals surface area contributed by atoms with E-state index in [4.69, 9.17) is 4.74 Å². The molecule has 0 radical (unpaired) electrons. The zero-order valence-electron chi connectivity index (χ0n) is 19.8. The lowest BCUT2D eigenvalue weighted by molar-refractivity contribution is -0.0395. The maximum Gasteiger partial charge on any atom is 0.0468 e. The topological polar surface area (TPSA) is 12.5 Å². The van der Waals surface area contributed by atoms with Crippen molar-refractivity contribution in [2.24, 2.45) is 17.3 Å². The third-order valence-corrected chi connectivity index (χ3v) is 8.41. The quantitative estimate of drug-likeness (QED) is 0.276. The van der Waals surface area contributed by atoms with Crippen molar-refractivity contribution in [2.45, 2.75) is 122 Å². The van der Waals surface area contributed by atoms with Gasteiger partial charge in [-0.25, -0.2) is 0 Å². The third-order valence-electron chi connectivity index (χ3n) is 8.41. The van der Waals surface area contributed by atoms with Gasteiger partial charge in [0.15, 0.2) is 0 Å². The van der Waals surface area contributed by atoms with Crippen LogP contribution in [0.5, 0.6) is 0 Å². The third kappa shape index (κ3) is 8.52. The Bertz CT molecular complexity index is 401. The molecule has 0 unspecified atom stereocenters. The van der Waals surface area contributed by atoms with E-state index in [1.54, 1.807) is 0 Å². The zero-order chi connectivity index (χ0) is 20.2. The van der Waals surface area contributed by atoms with Gasteiger partial charge in [-0.2, -0.15) is 0 Å². The predicted octanol–water partition coefficient (Wildman–Crippen LogP) is 7.61. The summed E-state index contributed by atoms with van der Waals surface area (Å²) >= 11 is 0. The molecule has 2 saturated carbocycles. The molecule has 0 aromatic rings. The van der Waals surface area contributed by atoms with Crippen LogP contribution in [0.25, 0.3) is 0 Å². The van der Waals surface area contributed by atoms with Gasteiger partial charge < -0.3 is 9.64 Å². The second kappa shape index (κ2) is 13.4. The molecule has 1 saturated heterocycles. The Morgan fingerprint density at radius 3 is 2.21 bits per heavy atom. The smallest absolute Gasteiger partial charge is 0.0468 e. The van der Waals surface area contributed by atoms with Crippen LogP contribution in [0.15, 0.2) is 0 Å². The lowest BCUT2D eigenvalue weighted by Gasteiger charge is -2.54.